The van der Waals surface area contributed by atoms with E-state index in [4.69, 9.17) is 0 Å². The van der Waals surface area contributed by atoms with Crippen molar-refractivity contribution in [1.82, 2.24) is 13.9 Å². The summed E-state index contributed by atoms with van der Waals surface area (Å²) in [6, 6.07) is 9.60. The highest BCUT2D eigenvalue weighted by molar-refractivity contribution is 7.89. The van der Waals surface area contributed by atoms with E-state index >= 15 is 0 Å². The van der Waals surface area contributed by atoms with E-state index < -0.39 is 20.0 Å². The Morgan fingerprint density at radius 2 is 1.86 bits per heavy atom. The number of hydrogen-bond acceptors (Lipinski definition) is 6. The van der Waals surface area contributed by atoms with E-state index in [1.807, 2.05) is 17.5 Å². The van der Waals surface area contributed by atoms with E-state index in [9.17, 15) is 21.6 Å². The van der Waals surface area contributed by atoms with Crippen molar-refractivity contribution >= 4 is 37.3 Å². The molecule has 0 spiro atoms. The third kappa shape index (κ3) is 5.64. The van der Waals surface area contributed by atoms with Crippen LogP contribution in [0, 0.1) is 0 Å². The summed E-state index contributed by atoms with van der Waals surface area (Å²) in [5, 5.41) is 1.87. The smallest absolute Gasteiger partial charge is 0.253 e. The second-order valence-corrected chi connectivity index (χ2v) is 11.5. The Morgan fingerprint density at radius 3 is 2.55 bits per heavy atom. The Bertz CT molecular complexity index is 1070. The van der Waals surface area contributed by atoms with Crippen LogP contribution in [0.15, 0.2) is 46.7 Å². The molecule has 1 aromatic heterocycles. The molecule has 8 nitrogen and oxygen atoms in total. The molecule has 1 N–H and O–H groups in total. The lowest BCUT2D eigenvalue weighted by molar-refractivity contribution is 0.0764. The fourth-order valence-electron chi connectivity index (χ4n) is 3.07. The number of sulfonamides is 2. The SMILES string of the molecule is CS(=O)(=O)N1CCCN(C(=O)c2cccc(S(=O)(=O)NCc3cccs3)c2)CC1. The van der Waals surface area contributed by atoms with Crippen molar-refractivity contribution in [1.29, 1.82) is 0 Å². The molecule has 1 aliphatic rings. The maximum absolute atomic E-state index is 12.9. The Labute approximate surface area is 175 Å². The highest BCUT2D eigenvalue weighted by atomic mass is 32.2. The number of nitrogens with one attached hydrogen (secondary N) is 1. The maximum atomic E-state index is 12.9. The van der Waals surface area contributed by atoms with E-state index in [1.54, 1.807) is 11.0 Å². The van der Waals surface area contributed by atoms with Crippen LogP contribution in [0.25, 0.3) is 0 Å². The minimum atomic E-state index is -3.76. The normalized spacial score (nSPS) is 16.5. The Hall–Kier alpha value is -1.79. The molecule has 158 valence electrons. The number of rotatable bonds is 6. The van der Waals surface area contributed by atoms with Crippen LogP contribution in [-0.2, 0) is 26.6 Å². The van der Waals surface area contributed by atoms with Crippen LogP contribution in [0.3, 0.4) is 0 Å². The van der Waals surface area contributed by atoms with Crippen molar-refractivity contribution in [3.05, 3.63) is 52.2 Å². The van der Waals surface area contributed by atoms with E-state index in [1.165, 1.54) is 33.8 Å². The third-order valence-corrected chi connectivity index (χ3v) is 8.20. The molecule has 29 heavy (non-hydrogen) atoms. The van der Waals surface area contributed by atoms with Gasteiger partial charge >= 0.3 is 0 Å². The first-order valence-corrected chi connectivity index (χ1v) is 13.2. The van der Waals surface area contributed by atoms with Gasteiger partial charge in [-0.05, 0) is 36.1 Å². The zero-order valence-corrected chi connectivity index (χ0v) is 18.4. The first kappa shape index (κ1) is 21.9. The van der Waals surface area contributed by atoms with Gasteiger partial charge in [0.2, 0.25) is 20.0 Å². The van der Waals surface area contributed by atoms with Gasteiger partial charge in [-0.25, -0.2) is 25.9 Å². The summed E-state index contributed by atoms with van der Waals surface area (Å²) in [7, 11) is -7.07. The summed E-state index contributed by atoms with van der Waals surface area (Å²) in [5.41, 5.74) is 0.261. The van der Waals surface area contributed by atoms with Crippen LogP contribution < -0.4 is 4.72 Å². The summed E-state index contributed by atoms with van der Waals surface area (Å²) in [5.74, 6) is -0.310. The van der Waals surface area contributed by atoms with Crippen molar-refractivity contribution in [3.63, 3.8) is 0 Å². The molecular formula is C18H23N3O5S3. The number of benzene rings is 1. The van der Waals surface area contributed by atoms with Gasteiger partial charge < -0.3 is 4.90 Å². The molecule has 3 rings (SSSR count). The van der Waals surface area contributed by atoms with Crippen molar-refractivity contribution in [2.45, 2.75) is 17.9 Å². The Balaban J connectivity index is 1.72. The lowest BCUT2D eigenvalue weighted by Gasteiger charge is -2.21. The first-order valence-electron chi connectivity index (χ1n) is 9.03. The van der Waals surface area contributed by atoms with Crippen LogP contribution in [0.1, 0.15) is 21.7 Å². The molecule has 1 amide bonds. The van der Waals surface area contributed by atoms with Gasteiger partial charge in [-0.15, -0.1) is 11.3 Å². The highest BCUT2D eigenvalue weighted by Crippen LogP contribution is 2.16. The number of hydrogen-bond donors (Lipinski definition) is 1. The van der Waals surface area contributed by atoms with Gasteiger partial charge in [0.15, 0.2) is 0 Å². The number of thiophene rings is 1. The summed E-state index contributed by atoms with van der Waals surface area (Å²) >= 11 is 1.45. The molecule has 11 heteroatoms. The molecule has 1 saturated heterocycles. The molecule has 1 aromatic carbocycles. The van der Waals surface area contributed by atoms with E-state index in [2.05, 4.69) is 4.72 Å². The number of carbonyl (C=O) groups is 1. The van der Waals surface area contributed by atoms with Gasteiger partial charge in [0.25, 0.3) is 5.91 Å². The van der Waals surface area contributed by atoms with Gasteiger partial charge in [0.05, 0.1) is 11.2 Å². The molecule has 2 aromatic rings. The third-order valence-electron chi connectivity index (χ3n) is 4.62. The molecule has 1 aliphatic heterocycles. The van der Waals surface area contributed by atoms with E-state index in [0.29, 0.717) is 19.5 Å². The number of carbonyl (C=O) groups excluding carboxylic acids is 1. The minimum Gasteiger partial charge on any atom is -0.337 e. The van der Waals surface area contributed by atoms with Crippen molar-refractivity contribution in [2.24, 2.45) is 0 Å². The quantitative estimate of drug-likeness (QED) is 0.705. The monoisotopic (exact) mass is 457 g/mol. The van der Waals surface area contributed by atoms with Crippen LogP contribution >= 0.6 is 11.3 Å². The van der Waals surface area contributed by atoms with Gasteiger partial charge in [0.1, 0.15) is 0 Å². The molecule has 0 unspecified atom stereocenters. The van der Waals surface area contributed by atoms with Crippen molar-refractivity contribution in [2.75, 3.05) is 32.4 Å². The van der Waals surface area contributed by atoms with E-state index in [0.717, 1.165) is 11.1 Å². The molecule has 1 fully saturated rings. The van der Waals surface area contributed by atoms with Crippen LogP contribution in [0.2, 0.25) is 0 Å². The summed E-state index contributed by atoms with van der Waals surface area (Å²) in [6.07, 6.45) is 1.68. The molecule has 0 aliphatic carbocycles. The number of amides is 1. The zero-order valence-electron chi connectivity index (χ0n) is 15.9. The van der Waals surface area contributed by atoms with Gasteiger partial charge in [-0.3, -0.25) is 4.79 Å². The van der Waals surface area contributed by atoms with Gasteiger partial charge in [-0.1, -0.05) is 12.1 Å². The van der Waals surface area contributed by atoms with Crippen molar-refractivity contribution in [3.8, 4) is 0 Å². The predicted molar refractivity (Wildman–Crippen MR) is 112 cm³/mol. The largest absolute Gasteiger partial charge is 0.337 e. The Kier molecular flexibility index (Phi) is 6.74. The predicted octanol–water partition coefficient (Wildman–Crippen LogP) is 1.33. The summed E-state index contributed by atoms with van der Waals surface area (Å²) < 4.78 is 52.5. The lowest BCUT2D eigenvalue weighted by atomic mass is 10.2. The average Bonchev–Trinajstić information content (AvgIpc) is 3.07. The molecule has 0 radical (unpaired) electrons. The lowest BCUT2D eigenvalue weighted by Crippen LogP contribution is -2.37. The second-order valence-electron chi connectivity index (χ2n) is 6.74. The fourth-order valence-corrected chi connectivity index (χ4v) is 5.73. The molecule has 0 bridgehead atoms. The van der Waals surface area contributed by atoms with Crippen LogP contribution in [0.5, 0.6) is 0 Å². The van der Waals surface area contributed by atoms with E-state index in [-0.39, 0.29) is 36.0 Å². The van der Waals surface area contributed by atoms with Crippen LogP contribution in [0.4, 0.5) is 0 Å². The molecule has 0 saturated carbocycles. The average molecular weight is 458 g/mol. The Morgan fingerprint density at radius 1 is 1.07 bits per heavy atom. The zero-order chi connectivity index (χ0) is 21.1. The summed E-state index contributed by atoms with van der Waals surface area (Å²) in [6.45, 7) is 1.46. The second kappa shape index (κ2) is 8.92. The molecule has 2 heterocycles. The maximum Gasteiger partial charge on any atom is 0.253 e. The fraction of sp³-hybridized carbons (Fsp3) is 0.389. The minimum absolute atomic E-state index is 0.0208. The number of nitrogens with zero attached hydrogens (tertiary/aromatic N) is 2. The first-order chi connectivity index (χ1) is 13.7. The van der Waals surface area contributed by atoms with Gasteiger partial charge in [0, 0.05) is 43.2 Å². The standard InChI is InChI=1S/C18H23N3O5S3/c1-28(23,24)21-9-4-8-20(10-11-21)18(22)15-5-2-7-17(13-15)29(25,26)19-14-16-6-3-12-27-16/h2-3,5-7,12-13,19H,4,8-11,14H2,1H3. The summed E-state index contributed by atoms with van der Waals surface area (Å²) in [4.78, 5) is 15.4. The van der Waals surface area contributed by atoms with Gasteiger partial charge in [-0.2, -0.15) is 0 Å². The topological polar surface area (TPSA) is 104 Å². The highest BCUT2D eigenvalue weighted by Gasteiger charge is 2.25. The molecular weight excluding hydrogens is 434 g/mol. The van der Waals surface area contributed by atoms with Crippen LogP contribution in [-0.4, -0.2) is 64.4 Å². The molecule has 0 atom stereocenters. The van der Waals surface area contributed by atoms with Crippen molar-refractivity contribution < 1.29 is 21.6 Å².